The van der Waals surface area contributed by atoms with Crippen molar-refractivity contribution in [2.45, 2.75) is 90.2 Å². The number of aliphatic hydroxyl groups excluding tert-OH is 1. The van der Waals surface area contributed by atoms with Gasteiger partial charge in [-0.15, -0.1) is 0 Å². The molecule has 1 fully saturated rings. The van der Waals surface area contributed by atoms with Crippen molar-refractivity contribution in [3.05, 3.63) is 88.5 Å². The van der Waals surface area contributed by atoms with Crippen LogP contribution in [-0.4, -0.2) is 41.9 Å². The van der Waals surface area contributed by atoms with Gasteiger partial charge in [0.15, 0.2) is 0 Å². The number of amides is 2. The molecule has 0 heterocycles. The smallest absolute Gasteiger partial charge is 0.407 e. The molecule has 0 radical (unpaired) electrons. The zero-order valence-electron chi connectivity index (χ0n) is 26.4. The zero-order chi connectivity index (χ0) is 31.5. The van der Waals surface area contributed by atoms with Gasteiger partial charge >= 0.3 is 6.09 Å². The number of rotatable bonds is 11. The fourth-order valence-electron chi connectivity index (χ4n) is 6.23. The number of nitrogens with zero attached hydrogens (tertiary/aromatic N) is 1. The molecule has 2 aliphatic rings. The van der Waals surface area contributed by atoms with Crippen molar-refractivity contribution in [3.63, 3.8) is 0 Å². The second-order valence-corrected chi connectivity index (χ2v) is 13.2. The maximum Gasteiger partial charge on any atom is 0.407 e. The van der Waals surface area contributed by atoms with Gasteiger partial charge in [-0.3, -0.25) is 4.79 Å². The number of carbonyl (C=O) groups is 2. The van der Waals surface area contributed by atoms with Gasteiger partial charge in [0, 0.05) is 30.7 Å². The molecule has 0 aliphatic heterocycles. The molecule has 2 aromatic carbocycles. The highest BCUT2D eigenvalue weighted by molar-refractivity contribution is 5.95. The molecule has 234 valence electrons. The molecule has 3 N–H and O–H groups in total. The van der Waals surface area contributed by atoms with Crippen LogP contribution in [0.15, 0.2) is 66.3 Å². The van der Waals surface area contributed by atoms with Crippen molar-refractivity contribution in [1.29, 1.82) is 5.26 Å². The number of aliphatic hydroxyl groups is 1. The first-order chi connectivity index (χ1) is 21.1. The monoisotopic (exact) mass is 597 g/mol. The Morgan fingerprint density at radius 1 is 1.09 bits per heavy atom. The van der Waals surface area contributed by atoms with Gasteiger partial charge in [-0.1, -0.05) is 74.1 Å². The molecule has 2 amide bonds. The highest BCUT2D eigenvalue weighted by Crippen LogP contribution is 2.30. The average molecular weight is 598 g/mol. The van der Waals surface area contributed by atoms with E-state index in [-0.39, 0.29) is 24.5 Å². The summed E-state index contributed by atoms with van der Waals surface area (Å²) < 4.78 is 5.35. The van der Waals surface area contributed by atoms with E-state index in [1.807, 2.05) is 63.2 Å². The van der Waals surface area contributed by atoms with E-state index in [4.69, 9.17) is 4.74 Å². The number of hydrogen-bond acceptors (Lipinski definition) is 5. The van der Waals surface area contributed by atoms with E-state index in [9.17, 15) is 20.0 Å². The van der Waals surface area contributed by atoms with Crippen LogP contribution in [0.25, 0.3) is 5.57 Å². The van der Waals surface area contributed by atoms with Crippen LogP contribution < -0.4 is 10.6 Å². The molecule has 44 heavy (non-hydrogen) atoms. The Morgan fingerprint density at radius 3 is 2.52 bits per heavy atom. The third-order valence-corrected chi connectivity index (χ3v) is 8.51. The lowest BCUT2D eigenvalue weighted by Crippen LogP contribution is -2.44. The van der Waals surface area contributed by atoms with Gasteiger partial charge in [0.05, 0.1) is 11.6 Å². The van der Waals surface area contributed by atoms with E-state index >= 15 is 0 Å². The molecule has 2 atom stereocenters. The molecule has 2 aromatic rings. The van der Waals surface area contributed by atoms with Crippen molar-refractivity contribution in [1.82, 2.24) is 10.6 Å². The van der Waals surface area contributed by atoms with Crippen molar-refractivity contribution in [3.8, 4) is 6.07 Å². The van der Waals surface area contributed by atoms with Crippen LogP contribution in [0.5, 0.6) is 0 Å². The highest BCUT2D eigenvalue weighted by Gasteiger charge is 2.28. The molecule has 0 aromatic heterocycles. The predicted octanol–water partition coefficient (Wildman–Crippen LogP) is 7.11. The number of allylic oxidation sites excluding steroid dienone is 3. The first-order valence-electron chi connectivity index (χ1n) is 16.0. The minimum Gasteiger partial charge on any atom is -0.444 e. The van der Waals surface area contributed by atoms with Gasteiger partial charge < -0.3 is 20.5 Å². The van der Waals surface area contributed by atoms with Gasteiger partial charge in [0.25, 0.3) is 5.91 Å². The number of ether oxygens (including phenoxy) is 1. The molecule has 0 saturated heterocycles. The molecule has 7 nitrogen and oxygen atoms in total. The molecule has 0 bridgehead atoms. The van der Waals surface area contributed by atoms with E-state index in [1.54, 1.807) is 6.07 Å². The quantitative estimate of drug-likeness (QED) is 0.256. The SMILES string of the molecule is CC(C)(C)OC(=O)NCC1=CC(c2ccc(C(=O)NC(CC3CCCCC3)C(CO)Cc3cccc(C#N)c3)cc2)=CCC1. The first-order valence-corrected chi connectivity index (χ1v) is 16.0. The summed E-state index contributed by atoms with van der Waals surface area (Å²) >= 11 is 0. The van der Waals surface area contributed by atoms with Gasteiger partial charge in [-0.05, 0) is 93.3 Å². The Morgan fingerprint density at radius 2 is 1.84 bits per heavy atom. The summed E-state index contributed by atoms with van der Waals surface area (Å²) in [6.45, 7) is 5.92. The molecule has 0 spiro atoms. The average Bonchev–Trinajstić information content (AvgIpc) is 3.02. The third-order valence-electron chi connectivity index (χ3n) is 8.51. The summed E-state index contributed by atoms with van der Waals surface area (Å²) in [7, 11) is 0. The standard InChI is InChI=1S/C37H47N3O4/c1-37(2,3)44-36(43)39-24-29-13-8-14-32(21-29)30-15-17-31(18-16-30)35(42)40-34(22-26-9-5-4-6-10-26)33(25-41)20-27-11-7-12-28(19-27)23-38/h7,11-12,14-19,21,26,33-34,41H,4-6,8-10,13,20,22,24-25H2,1-3H3,(H,39,43)(H,40,42). The highest BCUT2D eigenvalue weighted by atomic mass is 16.6. The maximum atomic E-state index is 13.5. The van der Waals surface area contributed by atoms with E-state index in [0.717, 1.165) is 54.4 Å². The third kappa shape index (κ3) is 10.1. The zero-order valence-corrected chi connectivity index (χ0v) is 26.4. The first kappa shape index (κ1) is 33.0. The van der Waals surface area contributed by atoms with Gasteiger partial charge in [-0.25, -0.2) is 4.79 Å². The minimum absolute atomic E-state index is 0.0427. The van der Waals surface area contributed by atoms with E-state index in [0.29, 0.717) is 30.0 Å². The molecule has 1 saturated carbocycles. The summed E-state index contributed by atoms with van der Waals surface area (Å²) in [4.78, 5) is 25.6. The fourth-order valence-corrected chi connectivity index (χ4v) is 6.23. The van der Waals surface area contributed by atoms with Crippen molar-refractivity contribution < 1.29 is 19.4 Å². The lowest BCUT2D eigenvalue weighted by molar-refractivity contribution is 0.0532. The fraction of sp³-hybridized carbons (Fsp3) is 0.486. The minimum atomic E-state index is -0.539. The Hall–Kier alpha value is -3.89. The summed E-state index contributed by atoms with van der Waals surface area (Å²) in [6.07, 6.45) is 13.0. The predicted molar refractivity (Wildman–Crippen MR) is 174 cm³/mol. The van der Waals surface area contributed by atoms with Gasteiger partial charge in [-0.2, -0.15) is 5.26 Å². The summed E-state index contributed by atoms with van der Waals surface area (Å²) in [5.74, 6) is 0.233. The Bertz CT molecular complexity index is 1370. The van der Waals surface area contributed by atoms with Crippen LogP contribution in [0.4, 0.5) is 4.79 Å². The van der Waals surface area contributed by atoms with Gasteiger partial charge in [0.1, 0.15) is 5.60 Å². The van der Waals surface area contributed by atoms with E-state index < -0.39 is 11.7 Å². The lowest BCUT2D eigenvalue weighted by Gasteiger charge is -2.32. The topological polar surface area (TPSA) is 111 Å². The molecular weight excluding hydrogens is 550 g/mol. The number of nitriles is 1. The molecular formula is C37H47N3O4. The van der Waals surface area contributed by atoms with Crippen LogP contribution in [0, 0.1) is 23.2 Å². The number of nitrogens with one attached hydrogen (secondary N) is 2. The Labute approximate surface area is 262 Å². The normalized spacial score (nSPS) is 17.0. The lowest BCUT2D eigenvalue weighted by atomic mass is 9.80. The number of carbonyl (C=O) groups excluding carboxylic acids is 2. The van der Waals surface area contributed by atoms with Crippen LogP contribution in [0.3, 0.4) is 0 Å². The Kier molecular flexibility index (Phi) is 11.8. The number of alkyl carbamates (subject to hydrolysis) is 1. The van der Waals surface area contributed by atoms with E-state index in [2.05, 4.69) is 28.9 Å². The second kappa shape index (κ2) is 15.7. The molecule has 2 aliphatic carbocycles. The largest absolute Gasteiger partial charge is 0.444 e. The van der Waals surface area contributed by atoms with Crippen molar-refractivity contribution >= 4 is 17.6 Å². The van der Waals surface area contributed by atoms with Crippen LogP contribution in [0.1, 0.15) is 99.2 Å². The van der Waals surface area contributed by atoms with Gasteiger partial charge in [0.2, 0.25) is 0 Å². The summed E-state index contributed by atoms with van der Waals surface area (Å²) in [5.41, 5.74) is 4.84. The molecule has 4 rings (SSSR count). The molecule has 2 unspecified atom stereocenters. The number of hydrogen-bond donors (Lipinski definition) is 3. The van der Waals surface area contributed by atoms with Crippen LogP contribution >= 0.6 is 0 Å². The second-order valence-electron chi connectivity index (χ2n) is 13.2. The van der Waals surface area contributed by atoms with Crippen LogP contribution in [0.2, 0.25) is 0 Å². The maximum absolute atomic E-state index is 13.5. The van der Waals surface area contributed by atoms with Crippen LogP contribution in [-0.2, 0) is 11.2 Å². The van der Waals surface area contributed by atoms with Crippen molar-refractivity contribution in [2.75, 3.05) is 13.2 Å². The Balaban J connectivity index is 1.43. The summed E-state index contributed by atoms with van der Waals surface area (Å²) in [5, 5.41) is 25.9. The van der Waals surface area contributed by atoms with E-state index in [1.165, 1.54) is 19.3 Å². The molecule has 7 heteroatoms. The summed E-state index contributed by atoms with van der Waals surface area (Å²) in [6, 6.07) is 17.2. The van der Waals surface area contributed by atoms with Crippen molar-refractivity contribution in [2.24, 2.45) is 11.8 Å². The number of benzene rings is 2.